The molecule has 0 aromatic heterocycles. The number of fused-ring (bicyclic) bond motifs is 2. The van der Waals surface area contributed by atoms with Crippen molar-refractivity contribution >= 4 is 41.3 Å². The van der Waals surface area contributed by atoms with Gasteiger partial charge in [0.2, 0.25) is 29.9 Å². The van der Waals surface area contributed by atoms with Gasteiger partial charge in [0, 0.05) is 26.2 Å². The van der Waals surface area contributed by atoms with Crippen LogP contribution in [0.3, 0.4) is 0 Å². The molecule has 3 aliphatic heterocycles. The highest BCUT2D eigenvalue weighted by molar-refractivity contribution is 7.92. The molecule has 0 amide bonds. The largest absolute Gasteiger partial charge is 0.353 e. The molecular formula is C22H27N3O6S3. The molecule has 2 fully saturated rings. The van der Waals surface area contributed by atoms with Crippen LogP contribution in [0.1, 0.15) is 38.5 Å². The molecule has 12 heteroatoms. The van der Waals surface area contributed by atoms with Crippen LogP contribution in [-0.4, -0.2) is 60.0 Å². The van der Waals surface area contributed by atoms with Crippen molar-refractivity contribution in [2.75, 3.05) is 31.5 Å². The predicted octanol–water partition coefficient (Wildman–Crippen LogP) is 2.93. The summed E-state index contributed by atoms with van der Waals surface area (Å²) in [7, 11) is -11.8. The second-order valence-corrected chi connectivity index (χ2v) is 14.6. The van der Waals surface area contributed by atoms with Gasteiger partial charge in [0.25, 0.3) is 0 Å². The number of sulfone groups is 1. The highest BCUT2D eigenvalue weighted by Crippen LogP contribution is 2.42. The molecule has 3 aliphatic rings. The Morgan fingerprint density at radius 1 is 0.618 bits per heavy atom. The predicted molar refractivity (Wildman–Crippen MR) is 127 cm³/mol. The van der Waals surface area contributed by atoms with Crippen LogP contribution >= 0.6 is 0 Å². The van der Waals surface area contributed by atoms with E-state index in [0.717, 1.165) is 38.5 Å². The van der Waals surface area contributed by atoms with Gasteiger partial charge in [-0.3, -0.25) is 0 Å². The van der Waals surface area contributed by atoms with E-state index in [9.17, 15) is 25.3 Å². The molecule has 0 bridgehead atoms. The van der Waals surface area contributed by atoms with Crippen molar-refractivity contribution < 1.29 is 25.3 Å². The van der Waals surface area contributed by atoms with E-state index in [1.165, 1.54) is 45.0 Å². The van der Waals surface area contributed by atoms with Crippen molar-refractivity contribution in [2.24, 2.45) is 0 Å². The quantitative estimate of drug-likeness (QED) is 0.556. The maximum Gasteiger partial charge on any atom is 0.243 e. The summed E-state index contributed by atoms with van der Waals surface area (Å²) < 4.78 is 82.3. The van der Waals surface area contributed by atoms with Gasteiger partial charge in [0.05, 0.1) is 31.0 Å². The molecule has 3 heterocycles. The molecule has 0 aliphatic carbocycles. The zero-order valence-electron chi connectivity index (χ0n) is 18.6. The van der Waals surface area contributed by atoms with Crippen LogP contribution in [0.15, 0.2) is 56.0 Å². The number of nitrogens with zero attached hydrogens (tertiary/aromatic N) is 2. The van der Waals surface area contributed by atoms with E-state index >= 15 is 0 Å². The van der Waals surface area contributed by atoms with Crippen LogP contribution in [0.25, 0.3) is 0 Å². The lowest BCUT2D eigenvalue weighted by atomic mass is 10.2. The number of anilines is 2. The fourth-order valence-electron chi connectivity index (χ4n) is 4.75. The number of hydrogen-bond donors (Lipinski definition) is 1. The highest BCUT2D eigenvalue weighted by atomic mass is 32.2. The lowest BCUT2D eigenvalue weighted by Crippen LogP contribution is -2.36. The Bertz CT molecular complexity index is 1340. The van der Waals surface area contributed by atoms with Crippen molar-refractivity contribution in [3.05, 3.63) is 36.4 Å². The Morgan fingerprint density at radius 2 is 1.00 bits per heavy atom. The van der Waals surface area contributed by atoms with Gasteiger partial charge in [-0.1, -0.05) is 12.8 Å². The highest BCUT2D eigenvalue weighted by Gasteiger charge is 2.35. The van der Waals surface area contributed by atoms with Crippen molar-refractivity contribution in [3.63, 3.8) is 0 Å². The third kappa shape index (κ3) is 3.95. The van der Waals surface area contributed by atoms with E-state index in [-0.39, 0.29) is 31.0 Å². The first kappa shape index (κ1) is 23.7. The van der Waals surface area contributed by atoms with Gasteiger partial charge in [0.15, 0.2) is 0 Å². The van der Waals surface area contributed by atoms with E-state index < -0.39 is 29.9 Å². The van der Waals surface area contributed by atoms with Gasteiger partial charge in [-0.25, -0.2) is 25.3 Å². The Balaban J connectivity index is 1.55. The molecule has 9 nitrogen and oxygen atoms in total. The molecule has 184 valence electrons. The van der Waals surface area contributed by atoms with Crippen molar-refractivity contribution in [3.8, 4) is 0 Å². The molecule has 5 rings (SSSR count). The molecule has 1 N–H and O–H groups in total. The Labute approximate surface area is 200 Å². The summed E-state index contributed by atoms with van der Waals surface area (Å²) in [6, 6.07) is 8.07. The van der Waals surface area contributed by atoms with Crippen LogP contribution < -0.4 is 5.32 Å². The van der Waals surface area contributed by atoms with Gasteiger partial charge in [0.1, 0.15) is 0 Å². The minimum atomic E-state index is -4.16. The van der Waals surface area contributed by atoms with Gasteiger partial charge in [-0.05, 0) is 62.1 Å². The molecule has 0 unspecified atom stereocenters. The number of sulfonamides is 2. The molecule has 2 aromatic rings. The number of piperidine rings is 2. The standard InChI is InChI=1S/C22H27N3O6S3/c26-32(27)21-15-17(33(28,29)24-11-3-1-4-12-24)7-9-19(21)23-20-10-8-18(16-22(20)32)34(30,31)25-13-5-2-6-14-25/h7-10,15-16,23H,1-6,11-14H2. The lowest BCUT2D eigenvalue weighted by Gasteiger charge is -2.28. The summed E-state index contributed by atoms with van der Waals surface area (Å²) >= 11 is 0. The summed E-state index contributed by atoms with van der Waals surface area (Å²) in [6.07, 6.45) is 5.01. The first-order valence-electron chi connectivity index (χ1n) is 11.4. The summed E-state index contributed by atoms with van der Waals surface area (Å²) in [5, 5.41) is 3.02. The average molecular weight is 526 g/mol. The number of rotatable bonds is 4. The van der Waals surface area contributed by atoms with Crippen molar-refractivity contribution in [2.45, 2.75) is 58.1 Å². The fraction of sp³-hybridized carbons (Fsp3) is 0.455. The van der Waals surface area contributed by atoms with Crippen LogP contribution in [0.5, 0.6) is 0 Å². The van der Waals surface area contributed by atoms with Crippen LogP contribution in [0, 0.1) is 0 Å². The topological polar surface area (TPSA) is 121 Å². The molecule has 2 saturated heterocycles. The third-order valence-corrected chi connectivity index (χ3v) is 12.3. The Hall–Kier alpha value is -1.99. The molecular weight excluding hydrogens is 498 g/mol. The van der Waals surface area contributed by atoms with E-state index in [4.69, 9.17) is 0 Å². The van der Waals surface area contributed by atoms with E-state index in [0.29, 0.717) is 26.2 Å². The van der Waals surface area contributed by atoms with Crippen molar-refractivity contribution in [1.82, 2.24) is 8.61 Å². The molecule has 34 heavy (non-hydrogen) atoms. The Morgan fingerprint density at radius 3 is 1.38 bits per heavy atom. The lowest BCUT2D eigenvalue weighted by molar-refractivity contribution is 0.346. The second kappa shape index (κ2) is 8.59. The zero-order valence-corrected chi connectivity index (χ0v) is 21.1. The summed E-state index contributed by atoms with van der Waals surface area (Å²) in [6.45, 7) is 1.63. The minimum Gasteiger partial charge on any atom is -0.353 e. The van der Waals surface area contributed by atoms with E-state index in [1.54, 1.807) is 0 Å². The maximum atomic E-state index is 13.5. The summed E-state index contributed by atoms with van der Waals surface area (Å²) in [5.41, 5.74) is 0.522. The molecule has 0 saturated carbocycles. The number of nitrogens with one attached hydrogen (secondary N) is 1. The van der Waals surface area contributed by atoms with Gasteiger partial charge in [-0.15, -0.1) is 0 Å². The number of hydrogen-bond acceptors (Lipinski definition) is 7. The van der Waals surface area contributed by atoms with Crippen molar-refractivity contribution in [1.29, 1.82) is 0 Å². The molecule has 2 aromatic carbocycles. The van der Waals surface area contributed by atoms with Gasteiger partial charge >= 0.3 is 0 Å². The first-order chi connectivity index (χ1) is 16.1. The number of benzene rings is 2. The van der Waals surface area contributed by atoms with Gasteiger partial charge < -0.3 is 5.32 Å². The SMILES string of the molecule is O=S1(=O)c2cc(S(=O)(=O)N3CCCCC3)ccc2Nc2ccc(S(=O)(=O)N3CCCCC3)cc21. The average Bonchev–Trinajstić information content (AvgIpc) is 2.85. The summed E-state index contributed by atoms with van der Waals surface area (Å²) in [4.78, 5) is -0.519. The second-order valence-electron chi connectivity index (χ2n) is 8.87. The Kier molecular flexibility index (Phi) is 6.00. The normalized spacial score (nSPS) is 21.3. The van der Waals surface area contributed by atoms with Crippen LogP contribution in [-0.2, 0) is 29.9 Å². The maximum absolute atomic E-state index is 13.5. The molecule has 0 spiro atoms. The minimum absolute atomic E-state index is 0.0842. The molecule has 0 atom stereocenters. The van der Waals surface area contributed by atoms with E-state index in [1.807, 2.05) is 0 Å². The van der Waals surface area contributed by atoms with E-state index in [2.05, 4.69) is 5.32 Å². The van der Waals surface area contributed by atoms with Crippen LogP contribution in [0.4, 0.5) is 11.4 Å². The summed E-state index contributed by atoms with van der Waals surface area (Å²) in [5.74, 6) is 0. The zero-order chi connectivity index (χ0) is 24.1. The fourth-order valence-corrected chi connectivity index (χ4v) is 9.60. The first-order valence-corrected chi connectivity index (χ1v) is 15.8. The van der Waals surface area contributed by atoms with Crippen LogP contribution in [0.2, 0.25) is 0 Å². The monoisotopic (exact) mass is 525 g/mol. The third-order valence-electron chi connectivity index (χ3n) is 6.66. The van der Waals surface area contributed by atoms with Gasteiger partial charge in [-0.2, -0.15) is 8.61 Å². The molecule has 0 radical (unpaired) electrons. The smallest absolute Gasteiger partial charge is 0.243 e.